The van der Waals surface area contributed by atoms with E-state index in [9.17, 15) is 19.2 Å². The number of hydrogen-bond acceptors (Lipinski definition) is 6. The summed E-state index contributed by atoms with van der Waals surface area (Å²) in [6.45, 7) is 5.96. The molecule has 0 saturated carbocycles. The van der Waals surface area contributed by atoms with Crippen molar-refractivity contribution >= 4 is 41.1 Å². The van der Waals surface area contributed by atoms with Crippen LogP contribution in [0, 0.1) is 11.8 Å². The summed E-state index contributed by atoms with van der Waals surface area (Å²) in [5.41, 5.74) is 2.84. The number of carboxylic acid groups (broad SMARTS) is 2. The number of rotatable bonds is 9. The molecule has 9 nitrogen and oxygen atoms in total. The van der Waals surface area contributed by atoms with Crippen molar-refractivity contribution in [3.05, 3.63) is 29.3 Å². The summed E-state index contributed by atoms with van der Waals surface area (Å²) in [5, 5.41) is 17.6. The van der Waals surface area contributed by atoms with E-state index in [0.29, 0.717) is 12.8 Å². The Labute approximate surface area is 204 Å². The zero-order valence-corrected chi connectivity index (χ0v) is 20.4. The number of alkyl halides is 1. The van der Waals surface area contributed by atoms with Crippen molar-refractivity contribution in [2.24, 2.45) is 11.8 Å². The third-order valence-electron chi connectivity index (χ3n) is 6.09. The first-order valence-electron chi connectivity index (χ1n) is 11.4. The maximum Gasteiger partial charge on any atom is 0.326 e. The lowest BCUT2D eigenvalue weighted by Crippen LogP contribution is -2.38. The maximum atomic E-state index is 12.2. The van der Waals surface area contributed by atoms with E-state index < -0.39 is 29.7 Å². The van der Waals surface area contributed by atoms with E-state index in [2.05, 4.69) is 0 Å². The van der Waals surface area contributed by atoms with Crippen molar-refractivity contribution in [3.8, 4) is 0 Å². The number of aryl methyl sites for hydroxylation is 2. The molecule has 34 heavy (non-hydrogen) atoms. The van der Waals surface area contributed by atoms with Gasteiger partial charge in [-0.25, -0.2) is 0 Å². The number of carboxylic acids is 2. The van der Waals surface area contributed by atoms with Crippen LogP contribution in [0.4, 0.5) is 5.69 Å². The minimum absolute atomic E-state index is 0.108. The van der Waals surface area contributed by atoms with Gasteiger partial charge in [-0.1, -0.05) is 32.0 Å². The van der Waals surface area contributed by atoms with Gasteiger partial charge in [-0.05, 0) is 43.7 Å². The highest BCUT2D eigenvalue weighted by Crippen LogP contribution is 2.43. The topological polar surface area (TPSA) is 130 Å². The molecule has 2 bridgehead atoms. The van der Waals surface area contributed by atoms with Gasteiger partial charge in [-0.15, -0.1) is 11.6 Å². The van der Waals surface area contributed by atoms with Crippen LogP contribution in [0.1, 0.15) is 44.7 Å². The first-order valence-corrected chi connectivity index (χ1v) is 12.0. The van der Waals surface area contributed by atoms with Crippen LogP contribution in [0.15, 0.2) is 18.2 Å². The van der Waals surface area contributed by atoms with E-state index in [1.54, 1.807) is 6.92 Å². The Morgan fingerprint density at radius 1 is 1.00 bits per heavy atom. The average Bonchev–Trinajstić information content (AvgIpc) is 3.44. The lowest BCUT2D eigenvalue weighted by molar-refractivity contribution is -0.154. The molecular weight excluding hydrogens is 466 g/mol. The molecule has 2 N–H and O–H groups in total. The van der Waals surface area contributed by atoms with Crippen LogP contribution in [-0.4, -0.2) is 65.3 Å². The van der Waals surface area contributed by atoms with Gasteiger partial charge in [0, 0.05) is 0 Å². The number of ether oxygens (including phenoxy) is 2. The molecule has 4 atom stereocenters. The number of para-hydroxylation sites is 1. The van der Waals surface area contributed by atoms with Gasteiger partial charge in [0.1, 0.15) is 12.4 Å². The molecule has 2 saturated heterocycles. The van der Waals surface area contributed by atoms with Crippen molar-refractivity contribution in [2.45, 2.75) is 58.7 Å². The highest BCUT2D eigenvalue weighted by atomic mass is 35.5. The van der Waals surface area contributed by atoms with Crippen molar-refractivity contribution < 1.29 is 38.9 Å². The second kappa shape index (κ2) is 12.7. The first-order chi connectivity index (χ1) is 16.2. The molecule has 3 rings (SSSR count). The largest absolute Gasteiger partial charge is 0.481 e. The number of nitrogens with zero attached hydrogens (tertiary/aromatic N) is 1. The van der Waals surface area contributed by atoms with E-state index in [0.717, 1.165) is 29.7 Å². The van der Waals surface area contributed by atoms with Gasteiger partial charge in [-0.2, -0.15) is 0 Å². The summed E-state index contributed by atoms with van der Waals surface area (Å²) in [6, 6.07) is 5.90. The molecule has 0 radical (unpaired) electrons. The predicted molar refractivity (Wildman–Crippen MR) is 125 cm³/mol. The van der Waals surface area contributed by atoms with E-state index in [1.165, 1.54) is 4.90 Å². The molecule has 0 aromatic heterocycles. The summed E-state index contributed by atoms with van der Waals surface area (Å²) >= 11 is 5.70. The fraction of sp³-hybridized carbons (Fsp3) is 0.583. The zero-order chi connectivity index (χ0) is 25.4. The summed E-state index contributed by atoms with van der Waals surface area (Å²) in [4.78, 5) is 46.9. The quantitative estimate of drug-likeness (QED) is 0.393. The van der Waals surface area contributed by atoms with E-state index in [1.807, 2.05) is 32.0 Å². The number of esters is 1. The van der Waals surface area contributed by atoms with Crippen molar-refractivity contribution in [1.82, 2.24) is 0 Å². The molecule has 1 aromatic carbocycles. The van der Waals surface area contributed by atoms with Gasteiger partial charge >= 0.3 is 17.9 Å². The van der Waals surface area contributed by atoms with Crippen molar-refractivity contribution in [1.29, 1.82) is 0 Å². The molecule has 2 heterocycles. The first kappa shape index (κ1) is 27.6. The van der Waals surface area contributed by atoms with E-state index >= 15 is 0 Å². The lowest BCUT2D eigenvalue weighted by atomic mass is 9.79. The van der Waals surface area contributed by atoms with Crippen LogP contribution < -0.4 is 4.90 Å². The number of fused-ring (bicyclic) bond motifs is 2. The number of carbonyl (C=O) groups is 4. The monoisotopic (exact) mass is 497 g/mol. The Bertz CT molecular complexity index is 857. The van der Waals surface area contributed by atoms with Crippen LogP contribution in [0.25, 0.3) is 0 Å². The maximum absolute atomic E-state index is 12.2. The van der Waals surface area contributed by atoms with Crippen LogP contribution in [-0.2, 0) is 41.5 Å². The molecule has 188 valence electrons. The minimum Gasteiger partial charge on any atom is -0.481 e. The number of carbonyl (C=O) groups excluding carboxylic acids is 2. The fourth-order valence-electron chi connectivity index (χ4n) is 4.57. The third-order valence-corrected chi connectivity index (χ3v) is 6.31. The number of amides is 1. The number of halogens is 1. The predicted octanol–water partition coefficient (Wildman–Crippen LogP) is 2.90. The summed E-state index contributed by atoms with van der Waals surface area (Å²) < 4.78 is 10.2. The van der Waals surface area contributed by atoms with Gasteiger partial charge in [0.15, 0.2) is 0 Å². The Morgan fingerprint density at radius 3 is 1.88 bits per heavy atom. The molecule has 0 spiro atoms. The number of anilines is 1. The fourth-order valence-corrected chi connectivity index (χ4v) is 4.71. The molecule has 10 heteroatoms. The third kappa shape index (κ3) is 6.27. The standard InChI is InChI=1S/C16H22ClNO3.C8H10O5/c1-4-12-8-7-9-13(5-2)16(12)18(14(19)10-17)11-15(20)21-6-3;9-7(10)5-3-1-2-4(13-3)6(5)8(11)12/h7-9H,4-6,10-11H2,1-3H3;3-6H,1-2H2,(H,9,10)(H,11,12). The minimum atomic E-state index is -1.06. The van der Waals surface area contributed by atoms with Crippen LogP contribution in [0.5, 0.6) is 0 Å². The Kier molecular flexibility index (Phi) is 10.3. The van der Waals surface area contributed by atoms with Gasteiger partial charge in [-0.3, -0.25) is 24.1 Å². The average molecular weight is 498 g/mol. The van der Waals surface area contributed by atoms with Gasteiger partial charge < -0.3 is 19.7 Å². The molecule has 0 aliphatic carbocycles. The normalized spacial score (nSPS) is 22.5. The molecular formula is C24H32ClNO8. The van der Waals surface area contributed by atoms with E-state index in [-0.39, 0.29) is 37.1 Å². The van der Waals surface area contributed by atoms with Crippen LogP contribution in [0.3, 0.4) is 0 Å². The van der Waals surface area contributed by atoms with E-state index in [4.69, 9.17) is 31.3 Å². The van der Waals surface area contributed by atoms with Crippen molar-refractivity contribution in [2.75, 3.05) is 23.9 Å². The zero-order valence-electron chi connectivity index (χ0n) is 19.7. The van der Waals surface area contributed by atoms with Gasteiger partial charge in [0.05, 0.1) is 36.3 Å². The summed E-state index contributed by atoms with van der Waals surface area (Å²) in [6.07, 6.45) is 2.12. The Morgan fingerprint density at radius 2 is 1.50 bits per heavy atom. The van der Waals surface area contributed by atoms with Crippen molar-refractivity contribution in [3.63, 3.8) is 0 Å². The summed E-state index contributed by atoms with van der Waals surface area (Å²) in [5.74, 6) is -4.70. The molecule has 2 aliphatic heterocycles. The summed E-state index contributed by atoms with van der Waals surface area (Å²) in [7, 11) is 0. The molecule has 2 fully saturated rings. The lowest BCUT2D eigenvalue weighted by Gasteiger charge is -2.26. The molecule has 1 amide bonds. The Balaban J connectivity index is 0.000000266. The molecule has 1 aromatic rings. The number of aliphatic carboxylic acids is 2. The molecule has 4 unspecified atom stereocenters. The SMILES string of the molecule is CCOC(=O)CN(C(=O)CCl)c1c(CC)cccc1CC.O=C(O)C1C2CCC(O2)C1C(=O)O. The smallest absolute Gasteiger partial charge is 0.326 e. The number of hydrogen-bond donors (Lipinski definition) is 2. The van der Waals surface area contributed by atoms with Gasteiger partial charge in [0.25, 0.3) is 0 Å². The van der Waals surface area contributed by atoms with Gasteiger partial charge in [0.2, 0.25) is 5.91 Å². The number of benzene rings is 1. The second-order valence-corrected chi connectivity index (χ2v) is 8.34. The highest BCUT2D eigenvalue weighted by molar-refractivity contribution is 6.29. The van der Waals surface area contributed by atoms with Crippen LogP contribution >= 0.6 is 11.6 Å². The highest BCUT2D eigenvalue weighted by Gasteiger charge is 2.55. The van der Waals surface area contributed by atoms with Crippen LogP contribution in [0.2, 0.25) is 0 Å². The Hall–Kier alpha value is -2.65. The second-order valence-electron chi connectivity index (χ2n) is 8.07. The molecule has 2 aliphatic rings.